The van der Waals surface area contributed by atoms with Crippen LogP contribution in [0.4, 0.5) is 0 Å². The summed E-state index contributed by atoms with van der Waals surface area (Å²) in [6.45, 7) is 6.48. The van der Waals surface area contributed by atoms with Gasteiger partial charge in [-0.15, -0.1) is 0 Å². The van der Waals surface area contributed by atoms with Crippen molar-refractivity contribution in [3.8, 4) is 0 Å². The molecular weight excluding hydrogens is 748 g/mol. The van der Waals surface area contributed by atoms with E-state index in [4.69, 9.17) is 0 Å². The fraction of sp³-hybridized carbons (Fsp3) is 0.0769. The summed E-state index contributed by atoms with van der Waals surface area (Å²) in [4.78, 5) is 0. The zero-order chi connectivity index (χ0) is 28.4. The zero-order valence-electron chi connectivity index (χ0n) is 24.1. The molecule has 0 saturated carbocycles. The van der Waals surface area contributed by atoms with Crippen LogP contribution < -0.4 is 22.6 Å². The van der Waals surface area contributed by atoms with Crippen LogP contribution in [0, 0.1) is 20.8 Å². The first-order chi connectivity index (χ1) is 20.1. The van der Waals surface area contributed by atoms with Crippen molar-refractivity contribution < 1.29 is 0 Å². The average Bonchev–Trinajstić information content (AvgIpc) is 3.02. The fourth-order valence-corrected chi connectivity index (χ4v) is 20.1. The second-order valence-corrected chi connectivity index (χ2v) is 25.3. The van der Waals surface area contributed by atoms with Crippen molar-refractivity contribution in [3.05, 3.63) is 180 Å². The maximum atomic E-state index is 2.34. The van der Waals surface area contributed by atoms with E-state index in [0.717, 1.165) is 0 Å². The van der Waals surface area contributed by atoms with Crippen molar-refractivity contribution in [3.63, 3.8) is 0 Å². The van der Waals surface area contributed by atoms with E-state index in [0.29, 0.717) is 0 Å². The van der Waals surface area contributed by atoms with Crippen molar-refractivity contribution in [1.29, 1.82) is 0 Å². The molecule has 0 N–H and O–H groups in total. The van der Waals surface area contributed by atoms with Crippen LogP contribution in [0.15, 0.2) is 164 Å². The molecule has 0 heterocycles. The van der Waals surface area contributed by atoms with Gasteiger partial charge in [0.05, 0.1) is 0 Å². The SMILES string of the molecule is Cc1cc[c]([Pb]([c]2ccc(C)cc2)[c]2ccc(C)cc2)cc1.c1cc[c]([Ge]([c]2ccccc2)[c]2ccccc2)cc1. The summed E-state index contributed by atoms with van der Waals surface area (Å²) >= 11 is -3.89. The van der Waals surface area contributed by atoms with Crippen molar-refractivity contribution in [2.75, 3.05) is 0 Å². The molecule has 0 spiro atoms. The molecule has 0 unspecified atom stereocenters. The quantitative estimate of drug-likeness (QED) is 0.201. The van der Waals surface area contributed by atoms with Gasteiger partial charge in [-0.3, -0.25) is 0 Å². The van der Waals surface area contributed by atoms with E-state index in [1.807, 2.05) is 0 Å². The molecule has 0 atom stereocenters. The molecule has 0 nitrogen and oxygen atoms in total. The summed E-state index contributed by atoms with van der Waals surface area (Å²) in [6.07, 6.45) is 0. The minimum atomic E-state index is -2.26. The van der Waals surface area contributed by atoms with Gasteiger partial charge in [-0.05, 0) is 0 Å². The zero-order valence-corrected chi connectivity index (χ0v) is 30.1. The molecule has 41 heavy (non-hydrogen) atoms. The second-order valence-electron chi connectivity index (χ2n) is 10.4. The van der Waals surface area contributed by atoms with Crippen molar-refractivity contribution in [2.24, 2.45) is 0 Å². The Kier molecular flexibility index (Phi) is 10.4. The molecule has 0 amide bonds. The number of rotatable bonds is 6. The third kappa shape index (κ3) is 7.96. The summed E-state index contributed by atoms with van der Waals surface area (Å²) < 4.78 is 9.18. The van der Waals surface area contributed by atoms with Crippen LogP contribution in [0.3, 0.4) is 0 Å². The van der Waals surface area contributed by atoms with Gasteiger partial charge in [-0.25, -0.2) is 0 Å². The number of hydrogen-bond acceptors (Lipinski definition) is 0. The van der Waals surface area contributed by atoms with E-state index in [1.54, 1.807) is 9.37 Å². The standard InChI is InChI=1S/C18H15Ge.3C7H7.Pb/c1-4-10-16(11-5-1)19(17-12-6-2-7-13-17)18-14-8-3-9-15-18;3*1-7-5-3-2-4-6-7;/h1-15H;3*3-6H,1H3;. The third-order valence-electron chi connectivity index (χ3n) is 7.21. The van der Waals surface area contributed by atoms with Crippen LogP contribution in [0.25, 0.3) is 0 Å². The average molecular weight is 785 g/mol. The van der Waals surface area contributed by atoms with Gasteiger partial charge in [-0.2, -0.15) is 0 Å². The van der Waals surface area contributed by atoms with Gasteiger partial charge in [0.1, 0.15) is 0 Å². The second kappa shape index (κ2) is 14.6. The Labute approximate surface area is 259 Å². The molecule has 0 aliphatic carbocycles. The minimum absolute atomic E-state index is 1.34. The van der Waals surface area contributed by atoms with E-state index < -0.39 is 37.1 Å². The monoisotopic (exact) mass is 786 g/mol. The molecule has 0 aromatic heterocycles. The summed E-state index contributed by atoms with van der Waals surface area (Å²) in [7, 11) is 0. The third-order valence-corrected chi connectivity index (χ3v) is 23.6. The van der Waals surface area contributed by atoms with Crippen LogP contribution in [0.2, 0.25) is 0 Å². The Bertz CT molecular complexity index is 1410. The number of hydrogen-bond donors (Lipinski definition) is 0. The molecule has 2 heteroatoms. The molecule has 0 bridgehead atoms. The van der Waals surface area contributed by atoms with Gasteiger partial charge in [0.25, 0.3) is 0 Å². The molecule has 0 aliphatic rings. The van der Waals surface area contributed by atoms with Gasteiger partial charge in [0.2, 0.25) is 0 Å². The van der Waals surface area contributed by atoms with Crippen LogP contribution >= 0.6 is 0 Å². The van der Waals surface area contributed by atoms with E-state index in [-0.39, 0.29) is 0 Å². The van der Waals surface area contributed by atoms with Crippen LogP contribution in [0.5, 0.6) is 0 Å². The van der Waals surface area contributed by atoms with Crippen molar-refractivity contribution >= 4 is 59.6 Å². The predicted molar refractivity (Wildman–Crippen MR) is 182 cm³/mol. The Morgan fingerprint density at radius 1 is 0.317 bits per heavy atom. The first kappa shape index (κ1) is 29.3. The van der Waals surface area contributed by atoms with E-state index in [2.05, 4.69) is 185 Å². The molecule has 6 aromatic carbocycles. The first-order valence-electron chi connectivity index (χ1n) is 14.2. The number of aryl methyl sites for hydroxylation is 3. The topological polar surface area (TPSA) is 0 Å². The Morgan fingerprint density at radius 2 is 0.561 bits per heavy atom. The van der Waals surface area contributed by atoms with Crippen LogP contribution in [0.1, 0.15) is 16.7 Å². The van der Waals surface area contributed by atoms with Crippen molar-refractivity contribution in [2.45, 2.75) is 20.8 Å². The molecule has 0 fully saturated rings. The van der Waals surface area contributed by atoms with E-state index >= 15 is 0 Å². The summed E-state index contributed by atoms with van der Waals surface area (Å²) in [6, 6.07) is 60.4. The van der Waals surface area contributed by atoms with Gasteiger partial charge < -0.3 is 0 Å². The Morgan fingerprint density at radius 3 is 0.805 bits per heavy atom. The molecule has 6 aromatic rings. The molecule has 200 valence electrons. The van der Waals surface area contributed by atoms with Crippen molar-refractivity contribution in [1.82, 2.24) is 0 Å². The van der Waals surface area contributed by atoms with Gasteiger partial charge >= 0.3 is 261 Å². The Hall–Kier alpha value is -3.22. The number of benzene rings is 6. The summed E-state index contributed by atoms with van der Waals surface area (Å²) in [5.41, 5.74) is 4.01. The Balaban J connectivity index is 0.000000166. The van der Waals surface area contributed by atoms with E-state index in [1.165, 1.54) is 29.9 Å². The summed E-state index contributed by atoms with van der Waals surface area (Å²) in [5, 5.41) is 0. The predicted octanol–water partition coefficient (Wildman–Crippen LogP) is 5.33. The molecule has 0 aliphatic heterocycles. The molecule has 6 rings (SSSR count). The molecule has 2 radical (unpaired) electrons. The van der Waals surface area contributed by atoms with Gasteiger partial charge in [-0.1, -0.05) is 0 Å². The fourth-order valence-electron chi connectivity index (χ4n) is 4.98. The molecular formula is C39H36GePb. The molecule has 0 saturated heterocycles. The van der Waals surface area contributed by atoms with Gasteiger partial charge in [0.15, 0.2) is 0 Å². The van der Waals surface area contributed by atoms with Gasteiger partial charge in [0, 0.05) is 0 Å². The van der Waals surface area contributed by atoms with Crippen LogP contribution in [-0.2, 0) is 0 Å². The summed E-state index contributed by atoms with van der Waals surface area (Å²) in [5.74, 6) is 0. The maximum absolute atomic E-state index is 2.34. The van der Waals surface area contributed by atoms with Crippen LogP contribution in [-0.4, -0.2) is 37.1 Å². The normalized spacial score (nSPS) is 10.8. The first-order valence-corrected chi connectivity index (χ1v) is 23.2. The van der Waals surface area contributed by atoms with E-state index in [9.17, 15) is 0 Å².